The molecule has 0 atom stereocenters. The van der Waals surface area contributed by atoms with Crippen LogP contribution in [0.25, 0.3) is 0 Å². The molecule has 144 valence electrons. The summed E-state index contributed by atoms with van der Waals surface area (Å²) >= 11 is 0. The van der Waals surface area contributed by atoms with E-state index in [4.69, 9.17) is 19.7 Å². The molecule has 0 fully saturated rings. The summed E-state index contributed by atoms with van der Waals surface area (Å²) < 4.78 is 39.2. The Hall–Kier alpha value is -3.47. The van der Waals surface area contributed by atoms with Gasteiger partial charge in [-0.1, -0.05) is 0 Å². The zero-order valence-corrected chi connectivity index (χ0v) is 15.0. The molecule has 0 saturated heterocycles. The number of carboxylic acid groups (broad SMARTS) is 2. The molecule has 0 aliphatic rings. The van der Waals surface area contributed by atoms with Gasteiger partial charge in [-0.15, -0.1) is 0 Å². The standard InChI is InChI=1S/C16H16N2O8S/c1-25-13-7-9(15(19)20)3-5-11(13)17-27(23,24)18-12-6-4-10(16(21)22)8-14(12)26-2/h3-8,17-18H,1-2H3,(H,19,20)(H,21,22). The molecule has 0 radical (unpaired) electrons. The van der Waals surface area contributed by atoms with Crippen molar-refractivity contribution in [3.8, 4) is 11.5 Å². The fourth-order valence-electron chi connectivity index (χ4n) is 2.13. The third-order valence-electron chi connectivity index (χ3n) is 3.39. The molecule has 0 aliphatic heterocycles. The van der Waals surface area contributed by atoms with Crippen LogP contribution in [-0.4, -0.2) is 44.8 Å². The van der Waals surface area contributed by atoms with E-state index in [-0.39, 0.29) is 34.0 Å². The highest BCUT2D eigenvalue weighted by Gasteiger charge is 2.18. The highest BCUT2D eigenvalue weighted by molar-refractivity contribution is 7.94. The average molecular weight is 396 g/mol. The molecule has 2 aromatic carbocycles. The molecule has 4 N–H and O–H groups in total. The number of aromatic carboxylic acids is 2. The number of methoxy groups -OCH3 is 2. The van der Waals surface area contributed by atoms with Crippen molar-refractivity contribution < 1.29 is 37.7 Å². The second-order valence-corrected chi connectivity index (χ2v) is 6.56. The molecular formula is C16H16N2O8S. The third kappa shape index (κ3) is 4.79. The Kier molecular flexibility index (Phi) is 5.75. The van der Waals surface area contributed by atoms with Gasteiger partial charge in [0.1, 0.15) is 11.5 Å². The van der Waals surface area contributed by atoms with Crippen LogP contribution in [0, 0.1) is 0 Å². The van der Waals surface area contributed by atoms with Crippen LogP contribution in [0.1, 0.15) is 20.7 Å². The van der Waals surface area contributed by atoms with Gasteiger partial charge >= 0.3 is 22.1 Å². The van der Waals surface area contributed by atoms with Crippen LogP contribution in [0.15, 0.2) is 36.4 Å². The topological polar surface area (TPSA) is 151 Å². The predicted octanol–water partition coefficient (Wildman–Crippen LogP) is 1.87. The molecule has 0 saturated carbocycles. The van der Waals surface area contributed by atoms with Crippen LogP contribution in [0.4, 0.5) is 11.4 Å². The van der Waals surface area contributed by atoms with Gasteiger partial charge in [0.15, 0.2) is 0 Å². The van der Waals surface area contributed by atoms with E-state index in [0.717, 1.165) is 0 Å². The number of nitrogens with one attached hydrogen (secondary N) is 2. The molecule has 27 heavy (non-hydrogen) atoms. The second-order valence-electron chi connectivity index (χ2n) is 5.15. The van der Waals surface area contributed by atoms with E-state index in [9.17, 15) is 18.0 Å². The van der Waals surface area contributed by atoms with Gasteiger partial charge in [0.2, 0.25) is 0 Å². The van der Waals surface area contributed by atoms with Gasteiger partial charge in [0, 0.05) is 0 Å². The van der Waals surface area contributed by atoms with Crippen LogP contribution in [0.2, 0.25) is 0 Å². The molecular weight excluding hydrogens is 380 g/mol. The Morgan fingerprint density at radius 2 is 1.19 bits per heavy atom. The van der Waals surface area contributed by atoms with Crippen molar-refractivity contribution in [1.82, 2.24) is 0 Å². The highest BCUT2D eigenvalue weighted by atomic mass is 32.2. The Morgan fingerprint density at radius 3 is 1.48 bits per heavy atom. The van der Waals surface area contributed by atoms with E-state index in [1.165, 1.54) is 50.6 Å². The van der Waals surface area contributed by atoms with Crippen molar-refractivity contribution >= 4 is 33.5 Å². The molecule has 0 aromatic heterocycles. The molecule has 0 aliphatic carbocycles. The van der Waals surface area contributed by atoms with E-state index in [0.29, 0.717) is 0 Å². The number of hydrogen-bond donors (Lipinski definition) is 4. The minimum Gasteiger partial charge on any atom is -0.495 e. The number of hydrogen-bond acceptors (Lipinski definition) is 6. The van der Waals surface area contributed by atoms with Crippen molar-refractivity contribution in [2.75, 3.05) is 23.7 Å². The van der Waals surface area contributed by atoms with Crippen molar-refractivity contribution in [2.24, 2.45) is 0 Å². The zero-order chi connectivity index (χ0) is 20.2. The number of carbonyl (C=O) groups is 2. The number of carboxylic acids is 2. The number of benzene rings is 2. The molecule has 11 heteroatoms. The Morgan fingerprint density at radius 1 is 0.815 bits per heavy atom. The summed E-state index contributed by atoms with van der Waals surface area (Å²) in [5.41, 5.74) is -0.130. The van der Waals surface area contributed by atoms with Crippen molar-refractivity contribution in [3.63, 3.8) is 0 Å². The fourth-order valence-corrected chi connectivity index (χ4v) is 3.10. The maximum atomic E-state index is 12.4. The number of ether oxygens (including phenoxy) is 2. The lowest BCUT2D eigenvalue weighted by molar-refractivity contribution is 0.0686. The van der Waals surface area contributed by atoms with Crippen LogP contribution >= 0.6 is 0 Å². The van der Waals surface area contributed by atoms with Gasteiger partial charge in [0.05, 0.1) is 36.7 Å². The van der Waals surface area contributed by atoms with Gasteiger partial charge < -0.3 is 19.7 Å². The molecule has 2 aromatic rings. The first-order chi connectivity index (χ1) is 12.7. The molecule has 0 heterocycles. The molecule has 10 nitrogen and oxygen atoms in total. The van der Waals surface area contributed by atoms with E-state index in [2.05, 4.69) is 9.44 Å². The van der Waals surface area contributed by atoms with Crippen molar-refractivity contribution in [2.45, 2.75) is 0 Å². The first-order valence-corrected chi connectivity index (χ1v) is 8.78. The van der Waals surface area contributed by atoms with Crippen LogP contribution < -0.4 is 18.9 Å². The molecule has 0 bridgehead atoms. The summed E-state index contributed by atoms with van der Waals surface area (Å²) in [6, 6.07) is 7.25. The monoisotopic (exact) mass is 396 g/mol. The van der Waals surface area contributed by atoms with E-state index >= 15 is 0 Å². The van der Waals surface area contributed by atoms with Crippen molar-refractivity contribution in [3.05, 3.63) is 47.5 Å². The lowest BCUT2D eigenvalue weighted by Crippen LogP contribution is -2.22. The molecule has 2 rings (SSSR count). The smallest absolute Gasteiger partial charge is 0.335 e. The highest BCUT2D eigenvalue weighted by Crippen LogP contribution is 2.29. The van der Waals surface area contributed by atoms with Gasteiger partial charge in [-0.2, -0.15) is 8.42 Å². The Labute approximate surface area is 154 Å². The quantitative estimate of drug-likeness (QED) is 0.528. The SMILES string of the molecule is COc1cc(C(=O)O)ccc1NS(=O)(=O)Nc1ccc(C(=O)O)cc1OC. The van der Waals surface area contributed by atoms with Crippen molar-refractivity contribution in [1.29, 1.82) is 0 Å². The average Bonchev–Trinajstić information content (AvgIpc) is 2.61. The summed E-state index contributed by atoms with van der Waals surface area (Å²) in [7, 11) is -1.65. The van der Waals surface area contributed by atoms with E-state index < -0.39 is 22.1 Å². The lowest BCUT2D eigenvalue weighted by Gasteiger charge is -2.15. The summed E-state index contributed by atoms with van der Waals surface area (Å²) in [6.45, 7) is 0. The maximum Gasteiger partial charge on any atom is 0.335 e. The summed E-state index contributed by atoms with van der Waals surface area (Å²) in [5, 5.41) is 18.0. The Balaban J connectivity index is 2.30. The van der Waals surface area contributed by atoms with Crippen LogP contribution in [0.3, 0.4) is 0 Å². The summed E-state index contributed by atoms with van der Waals surface area (Å²) in [4.78, 5) is 22.0. The second kappa shape index (κ2) is 7.83. The van der Waals surface area contributed by atoms with Gasteiger partial charge in [0.25, 0.3) is 0 Å². The number of rotatable bonds is 8. The van der Waals surface area contributed by atoms with Gasteiger partial charge in [-0.25, -0.2) is 9.59 Å². The van der Waals surface area contributed by atoms with E-state index in [1.54, 1.807) is 0 Å². The van der Waals surface area contributed by atoms with Gasteiger partial charge in [-0.05, 0) is 36.4 Å². The molecule has 0 unspecified atom stereocenters. The molecule has 0 spiro atoms. The maximum absolute atomic E-state index is 12.4. The summed E-state index contributed by atoms with van der Waals surface area (Å²) in [5.74, 6) is -2.37. The van der Waals surface area contributed by atoms with Crippen LogP contribution in [0.5, 0.6) is 11.5 Å². The normalized spacial score (nSPS) is 10.7. The lowest BCUT2D eigenvalue weighted by atomic mass is 10.2. The number of anilines is 2. The minimum absolute atomic E-state index is 0.00784. The summed E-state index contributed by atoms with van der Waals surface area (Å²) in [6.07, 6.45) is 0. The fraction of sp³-hybridized carbons (Fsp3) is 0.125. The zero-order valence-electron chi connectivity index (χ0n) is 14.2. The third-order valence-corrected chi connectivity index (χ3v) is 4.36. The molecule has 0 amide bonds. The first-order valence-electron chi connectivity index (χ1n) is 7.30. The predicted molar refractivity (Wildman–Crippen MR) is 96.1 cm³/mol. The van der Waals surface area contributed by atoms with Crippen LogP contribution in [-0.2, 0) is 10.2 Å². The van der Waals surface area contributed by atoms with E-state index in [1.807, 2.05) is 0 Å². The van der Waals surface area contributed by atoms with Gasteiger partial charge in [-0.3, -0.25) is 9.44 Å². The minimum atomic E-state index is -4.17. The Bertz CT molecular complexity index is 914. The first kappa shape index (κ1) is 19.8. The largest absolute Gasteiger partial charge is 0.495 e.